The van der Waals surface area contributed by atoms with E-state index in [0.29, 0.717) is 13.1 Å². The fourth-order valence-electron chi connectivity index (χ4n) is 2.34. The molecular formula is C19H21NO2. The van der Waals surface area contributed by atoms with Gasteiger partial charge in [0, 0.05) is 18.0 Å². The summed E-state index contributed by atoms with van der Waals surface area (Å²) >= 11 is 0. The molecule has 0 spiro atoms. The number of hydrogen-bond acceptors (Lipinski definition) is 3. The van der Waals surface area contributed by atoms with Crippen molar-refractivity contribution < 1.29 is 9.53 Å². The molecule has 0 amide bonds. The van der Waals surface area contributed by atoms with Crippen LogP contribution in [0.5, 0.6) is 0 Å². The summed E-state index contributed by atoms with van der Waals surface area (Å²) in [7, 11) is 0. The summed E-state index contributed by atoms with van der Waals surface area (Å²) in [5.41, 5.74) is 3.57. The highest BCUT2D eigenvalue weighted by molar-refractivity contribution is 5.79. The number of pyridine rings is 1. The van der Waals surface area contributed by atoms with E-state index in [2.05, 4.69) is 41.4 Å². The molecule has 0 fully saturated rings. The van der Waals surface area contributed by atoms with Gasteiger partial charge in [-0.25, -0.2) is 0 Å². The molecule has 22 heavy (non-hydrogen) atoms. The van der Waals surface area contributed by atoms with Crippen molar-refractivity contribution in [2.24, 2.45) is 0 Å². The van der Waals surface area contributed by atoms with E-state index in [1.54, 1.807) is 6.20 Å². The zero-order valence-corrected chi connectivity index (χ0v) is 12.7. The van der Waals surface area contributed by atoms with Crippen molar-refractivity contribution in [3.8, 4) is 0 Å². The SMILES string of the molecule is O=COCCCCCC=C(c1ccccc1)c1cccnc1. The van der Waals surface area contributed by atoms with E-state index < -0.39 is 0 Å². The Hall–Kier alpha value is -2.42. The smallest absolute Gasteiger partial charge is 0.293 e. The van der Waals surface area contributed by atoms with Gasteiger partial charge in [-0.05, 0) is 42.9 Å². The highest BCUT2D eigenvalue weighted by Crippen LogP contribution is 2.23. The van der Waals surface area contributed by atoms with Gasteiger partial charge >= 0.3 is 0 Å². The van der Waals surface area contributed by atoms with Crippen LogP contribution in [0, 0.1) is 0 Å². The van der Waals surface area contributed by atoms with Crippen molar-refractivity contribution in [2.75, 3.05) is 6.61 Å². The van der Waals surface area contributed by atoms with Crippen LogP contribution in [0.1, 0.15) is 36.8 Å². The Morgan fingerprint density at radius 3 is 2.55 bits per heavy atom. The Kier molecular flexibility index (Phi) is 6.89. The average molecular weight is 295 g/mol. The molecule has 0 aliphatic rings. The second-order valence-corrected chi connectivity index (χ2v) is 5.04. The number of carbonyl (C=O) groups excluding carboxylic acids is 1. The van der Waals surface area contributed by atoms with Gasteiger partial charge in [0.15, 0.2) is 0 Å². The van der Waals surface area contributed by atoms with Crippen molar-refractivity contribution in [1.82, 2.24) is 4.98 Å². The first-order valence-corrected chi connectivity index (χ1v) is 7.63. The third-order valence-electron chi connectivity index (χ3n) is 3.44. The molecule has 0 aliphatic heterocycles. The van der Waals surface area contributed by atoms with E-state index in [9.17, 15) is 4.79 Å². The lowest BCUT2D eigenvalue weighted by Crippen LogP contribution is -1.92. The first-order chi connectivity index (χ1) is 10.9. The minimum absolute atomic E-state index is 0.510. The Morgan fingerprint density at radius 2 is 1.82 bits per heavy atom. The summed E-state index contributed by atoms with van der Waals surface area (Å²) in [5.74, 6) is 0. The molecule has 0 radical (unpaired) electrons. The van der Waals surface area contributed by atoms with E-state index in [-0.39, 0.29) is 0 Å². The third kappa shape index (κ3) is 5.17. The highest BCUT2D eigenvalue weighted by atomic mass is 16.5. The summed E-state index contributed by atoms with van der Waals surface area (Å²) in [4.78, 5) is 14.3. The van der Waals surface area contributed by atoms with Crippen LogP contribution >= 0.6 is 0 Å². The van der Waals surface area contributed by atoms with Gasteiger partial charge in [-0.15, -0.1) is 0 Å². The van der Waals surface area contributed by atoms with Gasteiger partial charge < -0.3 is 4.74 Å². The number of allylic oxidation sites excluding steroid dienone is 1. The van der Waals surface area contributed by atoms with Gasteiger partial charge in [-0.1, -0.05) is 42.5 Å². The lowest BCUT2D eigenvalue weighted by Gasteiger charge is -2.08. The zero-order chi connectivity index (χ0) is 15.5. The molecule has 2 aromatic rings. The summed E-state index contributed by atoms with van der Waals surface area (Å²) in [6.07, 6.45) is 10.0. The predicted octanol–water partition coefficient (Wildman–Crippen LogP) is 4.25. The summed E-state index contributed by atoms with van der Waals surface area (Å²) in [6, 6.07) is 14.4. The Bertz CT molecular complexity index is 537. The van der Waals surface area contributed by atoms with Crippen molar-refractivity contribution >= 4 is 12.0 Å². The van der Waals surface area contributed by atoms with Gasteiger partial charge in [0.25, 0.3) is 6.47 Å². The zero-order valence-electron chi connectivity index (χ0n) is 12.7. The predicted molar refractivity (Wildman–Crippen MR) is 88.2 cm³/mol. The molecule has 0 saturated carbocycles. The first-order valence-electron chi connectivity index (χ1n) is 7.63. The van der Waals surface area contributed by atoms with Crippen molar-refractivity contribution in [3.63, 3.8) is 0 Å². The van der Waals surface area contributed by atoms with E-state index in [0.717, 1.165) is 31.2 Å². The number of carbonyl (C=O) groups is 1. The molecule has 1 aromatic heterocycles. The number of unbranched alkanes of at least 4 members (excludes halogenated alkanes) is 3. The fraction of sp³-hybridized carbons (Fsp3) is 0.263. The minimum atomic E-state index is 0.510. The fourth-order valence-corrected chi connectivity index (χ4v) is 2.34. The van der Waals surface area contributed by atoms with Crippen LogP contribution in [-0.2, 0) is 9.53 Å². The van der Waals surface area contributed by atoms with Crippen molar-refractivity contribution in [1.29, 1.82) is 0 Å². The van der Waals surface area contributed by atoms with Gasteiger partial charge in [0.05, 0.1) is 6.61 Å². The standard InChI is InChI=1S/C19H21NO2/c21-16-22-14-7-2-1-6-12-19(17-9-4-3-5-10-17)18-11-8-13-20-15-18/h3-5,8-13,15-16H,1-2,6-7,14H2. The molecular weight excluding hydrogens is 274 g/mol. The Labute approximate surface area is 131 Å². The molecule has 0 atom stereocenters. The normalized spacial score (nSPS) is 11.2. The summed E-state index contributed by atoms with van der Waals surface area (Å²) in [6.45, 7) is 1.02. The molecule has 0 aliphatic carbocycles. The van der Waals surface area contributed by atoms with Crippen molar-refractivity contribution in [3.05, 3.63) is 72.1 Å². The lowest BCUT2D eigenvalue weighted by atomic mass is 9.97. The highest BCUT2D eigenvalue weighted by Gasteiger charge is 2.04. The lowest BCUT2D eigenvalue weighted by molar-refractivity contribution is -0.128. The van der Waals surface area contributed by atoms with Crippen LogP contribution in [-0.4, -0.2) is 18.1 Å². The number of rotatable bonds is 9. The van der Waals surface area contributed by atoms with Gasteiger partial charge in [0.1, 0.15) is 0 Å². The third-order valence-corrected chi connectivity index (χ3v) is 3.44. The van der Waals surface area contributed by atoms with Crippen LogP contribution in [0.3, 0.4) is 0 Å². The Balaban J connectivity index is 1.99. The second-order valence-electron chi connectivity index (χ2n) is 5.04. The minimum Gasteiger partial charge on any atom is -0.468 e. The monoisotopic (exact) mass is 295 g/mol. The molecule has 0 N–H and O–H groups in total. The Morgan fingerprint density at radius 1 is 1.00 bits per heavy atom. The van der Waals surface area contributed by atoms with Crippen LogP contribution in [0.4, 0.5) is 0 Å². The van der Waals surface area contributed by atoms with Crippen molar-refractivity contribution in [2.45, 2.75) is 25.7 Å². The maximum Gasteiger partial charge on any atom is 0.293 e. The van der Waals surface area contributed by atoms with Gasteiger partial charge in [-0.3, -0.25) is 9.78 Å². The number of aromatic nitrogens is 1. The van der Waals surface area contributed by atoms with Crippen LogP contribution < -0.4 is 0 Å². The molecule has 1 heterocycles. The number of ether oxygens (including phenoxy) is 1. The molecule has 3 heteroatoms. The molecule has 0 saturated heterocycles. The van der Waals surface area contributed by atoms with Gasteiger partial charge in [0.2, 0.25) is 0 Å². The summed E-state index contributed by atoms with van der Waals surface area (Å²) < 4.78 is 4.70. The van der Waals surface area contributed by atoms with Crippen LogP contribution in [0.15, 0.2) is 60.9 Å². The van der Waals surface area contributed by atoms with E-state index in [1.165, 1.54) is 11.1 Å². The van der Waals surface area contributed by atoms with Crippen LogP contribution in [0.2, 0.25) is 0 Å². The maximum absolute atomic E-state index is 10.1. The van der Waals surface area contributed by atoms with E-state index >= 15 is 0 Å². The van der Waals surface area contributed by atoms with E-state index in [1.807, 2.05) is 18.3 Å². The number of benzene rings is 1. The molecule has 1 aromatic carbocycles. The number of nitrogens with zero attached hydrogens (tertiary/aromatic N) is 1. The molecule has 114 valence electrons. The molecule has 0 unspecified atom stereocenters. The average Bonchev–Trinajstić information content (AvgIpc) is 2.59. The number of hydrogen-bond donors (Lipinski definition) is 0. The van der Waals surface area contributed by atoms with E-state index in [4.69, 9.17) is 4.74 Å². The first kappa shape index (κ1) is 16.0. The largest absolute Gasteiger partial charge is 0.468 e. The second kappa shape index (κ2) is 9.50. The molecule has 3 nitrogen and oxygen atoms in total. The summed E-state index contributed by atoms with van der Waals surface area (Å²) in [5, 5.41) is 0. The van der Waals surface area contributed by atoms with Gasteiger partial charge in [-0.2, -0.15) is 0 Å². The topological polar surface area (TPSA) is 39.2 Å². The molecule has 0 bridgehead atoms. The molecule has 2 rings (SSSR count). The maximum atomic E-state index is 10.1. The van der Waals surface area contributed by atoms with Crippen LogP contribution in [0.25, 0.3) is 5.57 Å². The quantitative estimate of drug-likeness (QED) is 0.513.